The number of benzene rings is 1. The van der Waals surface area contributed by atoms with Crippen LogP contribution in [0.3, 0.4) is 0 Å². The monoisotopic (exact) mass is 310 g/mol. The van der Waals surface area contributed by atoms with Crippen LogP contribution in [0.4, 0.5) is 18.9 Å². The van der Waals surface area contributed by atoms with E-state index >= 15 is 0 Å². The molecule has 0 spiro atoms. The number of hydrogen-bond donors (Lipinski definition) is 2. The first kappa shape index (κ1) is 16.6. The van der Waals surface area contributed by atoms with Crippen LogP contribution in [0.5, 0.6) is 5.75 Å². The van der Waals surface area contributed by atoms with Crippen molar-refractivity contribution in [2.45, 2.75) is 31.2 Å². The van der Waals surface area contributed by atoms with Gasteiger partial charge in [0.2, 0.25) is 5.91 Å². The Morgan fingerprint density at radius 3 is 2.20 bits per heavy atom. The van der Waals surface area contributed by atoms with Crippen LogP contribution >= 0.6 is 12.4 Å². The van der Waals surface area contributed by atoms with Crippen LogP contribution in [-0.4, -0.2) is 17.8 Å². The minimum atomic E-state index is -4.72. The number of amides is 1. The Labute approximate surface area is 119 Å². The molecule has 1 aromatic rings. The smallest absolute Gasteiger partial charge is 0.406 e. The average Bonchev–Trinajstić information content (AvgIpc) is 2.26. The normalized spacial score (nSPS) is 16.6. The number of nitrogens with one attached hydrogen (secondary N) is 1. The molecule has 0 atom stereocenters. The van der Waals surface area contributed by atoms with Crippen LogP contribution in [0.15, 0.2) is 24.3 Å². The van der Waals surface area contributed by atoms with E-state index in [2.05, 4.69) is 10.1 Å². The summed E-state index contributed by atoms with van der Waals surface area (Å²) in [6.07, 6.45) is -2.58. The van der Waals surface area contributed by atoms with Gasteiger partial charge in [-0.2, -0.15) is 0 Å². The average molecular weight is 311 g/mol. The van der Waals surface area contributed by atoms with Crippen LogP contribution < -0.4 is 15.8 Å². The lowest BCUT2D eigenvalue weighted by Gasteiger charge is -2.36. The molecule has 112 valence electrons. The molecule has 1 aliphatic rings. The molecule has 0 aliphatic heterocycles. The van der Waals surface area contributed by atoms with Gasteiger partial charge in [-0.3, -0.25) is 4.79 Å². The molecular formula is C12H14ClF3N2O2. The maximum absolute atomic E-state index is 12.0. The summed E-state index contributed by atoms with van der Waals surface area (Å²) in [5, 5.41) is 2.57. The third-order valence-corrected chi connectivity index (χ3v) is 3.04. The molecule has 0 radical (unpaired) electrons. The molecule has 1 fully saturated rings. The number of nitrogens with two attached hydrogens (primary N) is 1. The van der Waals surface area contributed by atoms with Gasteiger partial charge in [0, 0.05) is 5.69 Å². The Morgan fingerprint density at radius 2 is 1.80 bits per heavy atom. The van der Waals surface area contributed by atoms with Crippen LogP contribution in [0.25, 0.3) is 0 Å². The van der Waals surface area contributed by atoms with Crippen molar-refractivity contribution in [3.05, 3.63) is 24.3 Å². The first-order chi connectivity index (χ1) is 8.78. The molecule has 8 heteroatoms. The molecule has 1 amide bonds. The molecule has 4 nitrogen and oxygen atoms in total. The largest absolute Gasteiger partial charge is 0.573 e. The number of carbonyl (C=O) groups excluding carboxylic acids is 1. The van der Waals surface area contributed by atoms with E-state index in [0.29, 0.717) is 18.5 Å². The Balaban J connectivity index is 0.00000200. The van der Waals surface area contributed by atoms with E-state index in [1.807, 2.05) is 0 Å². The van der Waals surface area contributed by atoms with Crippen molar-refractivity contribution in [3.63, 3.8) is 0 Å². The van der Waals surface area contributed by atoms with Crippen LogP contribution in [0, 0.1) is 0 Å². The molecule has 20 heavy (non-hydrogen) atoms. The Bertz CT molecular complexity index is 473. The lowest BCUT2D eigenvalue weighted by atomic mass is 9.77. The van der Waals surface area contributed by atoms with Crippen LogP contribution in [0.2, 0.25) is 0 Å². The van der Waals surface area contributed by atoms with E-state index in [1.165, 1.54) is 12.1 Å². The quantitative estimate of drug-likeness (QED) is 0.902. The fraction of sp³-hybridized carbons (Fsp3) is 0.417. The van der Waals surface area contributed by atoms with Gasteiger partial charge < -0.3 is 15.8 Å². The van der Waals surface area contributed by atoms with Crippen molar-refractivity contribution in [1.29, 1.82) is 0 Å². The molecular weight excluding hydrogens is 297 g/mol. The highest BCUT2D eigenvalue weighted by molar-refractivity contribution is 5.98. The van der Waals surface area contributed by atoms with Crippen molar-refractivity contribution in [2.75, 3.05) is 5.32 Å². The van der Waals surface area contributed by atoms with E-state index in [-0.39, 0.29) is 24.1 Å². The van der Waals surface area contributed by atoms with Gasteiger partial charge in [-0.05, 0) is 43.5 Å². The summed E-state index contributed by atoms with van der Waals surface area (Å²) in [6, 6.07) is 4.93. The number of carbonyl (C=O) groups is 1. The van der Waals surface area contributed by atoms with Gasteiger partial charge in [0.05, 0.1) is 5.54 Å². The van der Waals surface area contributed by atoms with Crippen molar-refractivity contribution in [3.8, 4) is 5.75 Å². The molecule has 1 saturated carbocycles. The lowest BCUT2D eigenvalue weighted by Crippen LogP contribution is -2.56. The number of ether oxygens (including phenoxy) is 1. The van der Waals surface area contributed by atoms with Gasteiger partial charge in [-0.25, -0.2) is 0 Å². The summed E-state index contributed by atoms with van der Waals surface area (Å²) >= 11 is 0. The highest BCUT2D eigenvalue weighted by atomic mass is 35.5. The van der Waals surface area contributed by atoms with Crippen LogP contribution in [0.1, 0.15) is 19.3 Å². The van der Waals surface area contributed by atoms with E-state index in [4.69, 9.17) is 5.73 Å². The summed E-state index contributed by atoms with van der Waals surface area (Å²) in [5.74, 6) is -0.653. The second-order valence-corrected chi connectivity index (χ2v) is 4.54. The molecule has 0 unspecified atom stereocenters. The summed E-state index contributed by atoms with van der Waals surface area (Å²) in [6.45, 7) is 0. The summed E-state index contributed by atoms with van der Waals surface area (Å²) in [5.41, 5.74) is 5.36. The predicted octanol–water partition coefficient (Wildman–Crippen LogP) is 2.83. The molecule has 0 heterocycles. The van der Waals surface area contributed by atoms with Crippen LogP contribution in [-0.2, 0) is 4.79 Å². The number of hydrogen-bond acceptors (Lipinski definition) is 3. The minimum Gasteiger partial charge on any atom is -0.406 e. The van der Waals surface area contributed by atoms with Gasteiger partial charge in [0.15, 0.2) is 0 Å². The number of halogens is 4. The first-order valence-corrected chi connectivity index (χ1v) is 5.75. The SMILES string of the molecule is Cl.NC1(C(=O)Nc2ccc(OC(F)(F)F)cc2)CCC1. The fourth-order valence-electron chi connectivity index (χ4n) is 1.78. The van der Waals surface area contributed by atoms with Gasteiger partial charge in [-0.15, -0.1) is 25.6 Å². The number of rotatable bonds is 3. The van der Waals surface area contributed by atoms with Gasteiger partial charge in [0.1, 0.15) is 5.75 Å². The topological polar surface area (TPSA) is 64.4 Å². The van der Waals surface area contributed by atoms with Gasteiger partial charge >= 0.3 is 6.36 Å². The van der Waals surface area contributed by atoms with E-state index in [0.717, 1.165) is 18.6 Å². The summed E-state index contributed by atoms with van der Waals surface area (Å²) in [4.78, 5) is 11.8. The van der Waals surface area contributed by atoms with E-state index < -0.39 is 11.9 Å². The second kappa shape index (κ2) is 5.88. The fourth-order valence-corrected chi connectivity index (χ4v) is 1.78. The zero-order chi connectivity index (χ0) is 14.1. The zero-order valence-corrected chi connectivity index (χ0v) is 11.2. The van der Waals surface area contributed by atoms with Gasteiger partial charge in [-0.1, -0.05) is 0 Å². The summed E-state index contributed by atoms with van der Waals surface area (Å²) in [7, 11) is 0. The van der Waals surface area contributed by atoms with E-state index in [1.54, 1.807) is 0 Å². The highest BCUT2D eigenvalue weighted by Gasteiger charge is 2.40. The molecule has 1 aromatic carbocycles. The lowest BCUT2D eigenvalue weighted by molar-refractivity contribution is -0.274. The molecule has 0 aromatic heterocycles. The van der Waals surface area contributed by atoms with Gasteiger partial charge in [0.25, 0.3) is 0 Å². The Kier molecular flexibility index (Phi) is 4.88. The molecule has 3 N–H and O–H groups in total. The molecule has 2 rings (SSSR count). The van der Waals surface area contributed by atoms with Crippen molar-refractivity contribution in [2.24, 2.45) is 5.73 Å². The predicted molar refractivity (Wildman–Crippen MR) is 69.8 cm³/mol. The standard InChI is InChI=1S/C12H13F3N2O2.ClH/c13-12(14,15)19-9-4-2-8(3-5-9)17-10(18)11(16)6-1-7-11;/h2-5H,1,6-7,16H2,(H,17,18);1H. The Hall–Kier alpha value is -1.47. The zero-order valence-electron chi connectivity index (χ0n) is 10.4. The first-order valence-electron chi connectivity index (χ1n) is 5.75. The maximum atomic E-state index is 12.0. The number of alkyl halides is 3. The molecule has 0 bridgehead atoms. The summed E-state index contributed by atoms with van der Waals surface area (Å²) < 4.78 is 39.6. The highest BCUT2D eigenvalue weighted by Crippen LogP contribution is 2.30. The third-order valence-electron chi connectivity index (χ3n) is 3.04. The third kappa shape index (κ3) is 4.01. The Morgan fingerprint density at radius 1 is 1.25 bits per heavy atom. The number of anilines is 1. The maximum Gasteiger partial charge on any atom is 0.573 e. The molecule has 0 saturated heterocycles. The van der Waals surface area contributed by atoms with E-state index in [9.17, 15) is 18.0 Å². The van der Waals surface area contributed by atoms with Crippen molar-refractivity contribution >= 4 is 24.0 Å². The second-order valence-electron chi connectivity index (χ2n) is 4.54. The minimum absolute atomic E-state index is 0. The van der Waals surface area contributed by atoms with Crippen molar-refractivity contribution < 1.29 is 22.7 Å². The molecule has 1 aliphatic carbocycles. The van der Waals surface area contributed by atoms with Crippen molar-refractivity contribution in [1.82, 2.24) is 0 Å².